The number of carbonyl (C=O) groups is 2. The maximum Gasteiger partial charge on any atom is 0.229 e. The summed E-state index contributed by atoms with van der Waals surface area (Å²) in [6, 6.07) is 10.9. The van der Waals surface area contributed by atoms with Gasteiger partial charge in [-0.15, -0.1) is 10.2 Å². The van der Waals surface area contributed by atoms with Crippen LogP contribution in [0, 0.1) is 5.92 Å². The monoisotopic (exact) mass is 395 g/mol. The number of rotatable bonds is 5. The molecule has 1 amide bonds. The Bertz CT molecular complexity index is 982. The number of piperidine rings is 1. The molecule has 3 heterocycles. The molecule has 1 unspecified atom stereocenters. The molecule has 0 radical (unpaired) electrons. The number of hydrogen-bond acceptors (Lipinski definition) is 6. The highest BCUT2D eigenvalue weighted by Crippen LogP contribution is 2.28. The molecule has 3 aromatic rings. The number of aromatic nitrogens is 3. The first-order valence-corrected chi connectivity index (χ1v) is 10.1. The zero-order chi connectivity index (χ0) is 19.5. The van der Waals surface area contributed by atoms with Crippen molar-refractivity contribution in [1.82, 2.24) is 14.8 Å². The lowest BCUT2D eigenvalue weighted by atomic mass is 9.97. The van der Waals surface area contributed by atoms with Crippen LogP contribution in [0.15, 0.2) is 48.8 Å². The van der Waals surface area contributed by atoms with Crippen LogP contribution in [0.3, 0.4) is 0 Å². The largest absolute Gasteiger partial charge is 0.346 e. The molecule has 8 heteroatoms. The minimum Gasteiger partial charge on any atom is -0.346 e. The van der Waals surface area contributed by atoms with E-state index in [0.717, 1.165) is 29.6 Å². The summed E-state index contributed by atoms with van der Waals surface area (Å²) in [5.41, 5.74) is 1.25. The summed E-state index contributed by atoms with van der Waals surface area (Å²) >= 11 is 1.52. The number of ketones is 1. The van der Waals surface area contributed by atoms with Crippen molar-refractivity contribution in [3.8, 4) is 5.13 Å². The van der Waals surface area contributed by atoms with Gasteiger partial charge in [0.05, 0.1) is 5.92 Å². The highest BCUT2D eigenvalue weighted by atomic mass is 32.1. The van der Waals surface area contributed by atoms with Crippen molar-refractivity contribution >= 4 is 33.8 Å². The Labute approximate surface area is 167 Å². The van der Waals surface area contributed by atoms with Gasteiger partial charge in [-0.2, -0.15) is 0 Å². The number of carbonyl (C=O) groups excluding carboxylic acids is 2. The fourth-order valence-corrected chi connectivity index (χ4v) is 4.18. The van der Waals surface area contributed by atoms with Gasteiger partial charge in [-0.1, -0.05) is 23.5 Å². The van der Waals surface area contributed by atoms with Crippen LogP contribution in [0.25, 0.3) is 5.13 Å². The minimum atomic E-state index is -0.131. The summed E-state index contributed by atoms with van der Waals surface area (Å²) in [6.45, 7) is 2.99. The molecule has 1 saturated heterocycles. The standard InChI is InChI=1S/C20H21N5O2S/c1-14(26)15-6-4-8-17(12-15)21-18(27)16-7-5-11-25(13-16)20-23-22-19(28-20)24-9-2-3-10-24/h2-4,6,8-10,12,16H,5,7,11,13H2,1H3,(H,21,27). The van der Waals surface area contributed by atoms with Gasteiger partial charge in [0, 0.05) is 36.7 Å². The molecule has 0 spiro atoms. The number of anilines is 2. The molecule has 4 rings (SSSR count). The second kappa shape index (κ2) is 7.93. The van der Waals surface area contributed by atoms with Gasteiger partial charge >= 0.3 is 0 Å². The van der Waals surface area contributed by atoms with Gasteiger partial charge in [0.1, 0.15) is 0 Å². The number of amides is 1. The molecule has 1 fully saturated rings. The van der Waals surface area contributed by atoms with E-state index in [1.54, 1.807) is 24.3 Å². The Morgan fingerprint density at radius 3 is 2.71 bits per heavy atom. The van der Waals surface area contributed by atoms with Crippen LogP contribution in [-0.4, -0.2) is 39.5 Å². The Kier molecular flexibility index (Phi) is 5.21. The molecule has 144 valence electrons. The van der Waals surface area contributed by atoms with Crippen LogP contribution in [0.1, 0.15) is 30.1 Å². The zero-order valence-electron chi connectivity index (χ0n) is 15.5. The summed E-state index contributed by atoms with van der Waals surface area (Å²) in [7, 11) is 0. The first kappa shape index (κ1) is 18.4. The third kappa shape index (κ3) is 3.96. The number of nitrogens with zero attached hydrogens (tertiary/aromatic N) is 4. The number of benzene rings is 1. The number of hydrogen-bond donors (Lipinski definition) is 1. The van der Waals surface area contributed by atoms with Crippen molar-refractivity contribution in [2.24, 2.45) is 5.92 Å². The van der Waals surface area contributed by atoms with Crippen molar-refractivity contribution in [1.29, 1.82) is 0 Å². The SMILES string of the molecule is CC(=O)c1cccc(NC(=O)C2CCCN(c3nnc(-n4cccc4)s3)C2)c1. The Morgan fingerprint density at radius 2 is 1.93 bits per heavy atom. The molecule has 0 aliphatic carbocycles. The fourth-order valence-electron chi connectivity index (χ4n) is 3.33. The van der Waals surface area contributed by atoms with E-state index in [-0.39, 0.29) is 17.6 Å². The summed E-state index contributed by atoms with van der Waals surface area (Å²) < 4.78 is 1.93. The van der Waals surface area contributed by atoms with Crippen molar-refractivity contribution < 1.29 is 9.59 Å². The topological polar surface area (TPSA) is 80.1 Å². The van der Waals surface area contributed by atoms with Gasteiger partial charge in [-0.3, -0.25) is 14.2 Å². The van der Waals surface area contributed by atoms with Gasteiger partial charge in [-0.25, -0.2) is 0 Å². The summed E-state index contributed by atoms with van der Waals surface area (Å²) in [5, 5.41) is 13.2. The van der Waals surface area contributed by atoms with Crippen LogP contribution in [0.2, 0.25) is 0 Å². The predicted molar refractivity (Wildman–Crippen MR) is 109 cm³/mol. The van der Waals surface area contributed by atoms with Gasteiger partial charge in [0.15, 0.2) is 5.78 Å². The zero-order valence-corrected chi connectivity index (χ0v) is 16.4. The van der Waals surface area contributed by atoms with Crippen LogP contribution in [0.4, 0.5) is 10.8 Å². The second-order valence-electron chi connectivity index (χ2n) is 6.87. The van der Waals surface area contributed by atoms with E-state index in [9.17, 15) is 9.59 Å². The number of nitrogens with one attached hydrogen (secondary N) is 1. The van der Waals surface area contributed by atoms with E-state index >= 15 is 0 Å². The number of Topliss-reactive ketones (excluding diaryl/α,β-unsaturated/α-hetero) is 1. The van der Waals surface area contributed by atoms with E-state index < -0.39 is 0 Å². The first-order valence-electron chi connectivity index (χ1n) is 9.24. The van der Waals surface area contributed by atoms with E-state index in [0.29, 0.717) is 17.8 Å². The molecule has 1 atom stereocenters. The molecule has 1 aliphatic rings. The van der Waals surface area contributed by atoms with Crippen LogP contribution < -0.4 is 10.2 Å². The van der Waals surface area contributed by atoms with Crippen LogP contribution in [0.5, 0.6) is 0 Å². The Morgan fingerprint density at radius 1 is 1.14 bits per heavy atom. The molecular formula is C20H21N5O2S. The Balaban J connectivity index is 1.43. The molecular weight excluding hydrogens is 374 g/mol. The van der Waals surface area contributed by atoms with Crippen molar-refractivity contribution in [3.63, 3.8) is 0 Å². The van der Waals surface area contributed by atoms with E-state index in [2.05, 4.69) is 20.4 Å². The van der Waals surface area contributed by atoms with Crippen LogP contribution in [-0.2, 0) is 4.79 Å². The maximum atomic E-state index is 12.8. The van der Waals surface area contributed by atoms with Crippen molar-refractivity contribution in [2.75, 3.05) is 23.3 Å². The lowest BCUT2D eigenvalue weighted by Crippen LogP contribution is -2.40. The predicted octanol–water partition coefficient (Wildman–Crippen LogP) is 3.39. The highest BCUT2D eigenvalue weighted by Gasteiger charge is 2.28. The van der Waals surface area contributed by atoms with Gasteiger partial charge in [0.25, 0.3) is 0 Å². The third-order valence-corrected chi connectivity index (χ3v) is 5.83. The quantitative estimate of drug-likeness (QED) is 0.670. The van der Waals surface area contributed by atoms with Gasteiger partial charge in [-0.05, 0) is 44.0 Å². The molecule has 0 bridgehead atoms. The molecule has 28 heavy (non-hydrogen) atoms. The van der Waals surface area contributed by atoms with Crippen molar-refractivity contribution in [2.45, 2.75) is 19.8 Å². The first-order chi connectivity index (χ1) is 13.6. The smallest absolute Gasteiger partial charge is 0.229 e. The Hall–Kier alpha value is -3.00. The normalized spacial score (nSPS) is 16.8. The lowest BCUT2D eigenvalue weighted by Gasteiger charge is -2.31. The maximum absolute atomic E-state index is 12.8. The second-order valence-corrected chi connectivity index (χ2v) is 7.80. The van der Waals surface area contributed by atoms with E-state index in [4.69, 9.17) is 0 Å². The molecule has 0 saturated carbocycles. The molecule has 1 N–H and O–H groups in total. The molecule has 2 aromatic heterocycles. The average Bonchev–Trinajstić information content (AvgIpc) is 3.40. The lowest BCUT2D eigenvalue weighted by molar-refractivity contribution is -0.120. The van der Waals surface area contributed by atoms with Crippen LogP contribution >= 0.6 is 11.3 Å². The average molecular weight is 395 g/mol. The molecule has 7 nitrogen and oxygen atoms in total. The minimum absolute atomic E-state index is 0.0188. The summed E-state index contributed by atoms with van der Waals surface area (Å²) in [6.07, 6.45) is 5.62. The van der Waals surface area contributed by atoms with E-state index in [1.807, 2.05) is 29.1 Å². The fraction of sp³-hybridized carbons (Fsp3) is 0.300. The summed E-state index contributed by atoms with van der Waals surface area (Å²) in [5.74, 6) is -0.177. The van der Waals surface area contributed by atoms with Crippen molar-refractivity contribution in [3.05, 3.63) is 54.4 Å². The molecule has 1 aliphatic heterocycles. The summed E-state index contributed by atoms with van der Waals surface area (Å²) in [4.78, 5) is 26.4. The highest BCUT2D eigenvalue weighted by molar-refractivity contribution is 7.17. The van der Waals surface area contributed by atoms with Gasteiger partial charge in [0.2, 0.25) is 16.2 Å². The third-order valence-electron chi connectivity index (χ3n) is 4.83. The van der Waals surface area contributed by atoms with E-state index in [1.165, 1.54) is 18.3 Å². The molecule has 1 aromatic carbocycles. The van der Waals surface area contributed by atoms with Gasteiger partial charge < -0.3 is 10.2 Å².